The van der Waals surface area contributed by atoms with Crippen molar-refractivity contribution in [3.63, 3.8) is 0 Å². The molecule has 2 N–H and O–H groups in total. The summed E-state index contributed by atoms with van der Waals surface area (Å²) in [6, 6.07) is 11.7. The zero-order valence-electron chi connectivity index (χ0n) is 10.1. The van der Waals surface area contributed by atoms with E-state index in [0.29, 0.717) is 6.61 Å². The van der Waals surface area contributed by atoms with Crippen LogP contribution in [0.25, 0.3) is 0 Å². The van der Waals surface area contributed by atoms with Gasteiger partial charge >= 0.3 is 0 Å². The van der Waals surface area contributed by atoms with Crippen LogP contribution in [0, 0.1) is 0 Å². The van der Waals surface area contributed by atoms with E-state index in [-0.39, 0.29) is 6.04 Å². The molecule has 0 aliphatic carbocycles. The van der Waals surface area contributed by atoms with Crippen LogP contribution < -0.4 is 10.5 Å². The molecule has 2 rings (SSSR count). The zero-order chi connectivity index (χ0) is 13.0. The van der Waals surface area contributed by atoms with Gasteiger partial charge in [-0.05, 0) is 52.7 Å². The monoisotopic (exact) mass is 306 g/mol. The minimum absolute atomic E-state index is 0.0483. The second-order valence-corrected chi connectivity index (χ2v) is 5.03. The van der Waals surface area contributed by atoms with Crippen molar-refractivity contribution in [2.75, 3.05) is 0 Å². The minimum atomic E-state index is 0.0483. The van der Waals surface area contributed by atoms with E-state index in [1.54, 1.807) is 6.20 Å². The lowest BCUT2D eigenvalue weighted by molar-refractivity contribution is 0.301. The quantitative estimate of drug-likeness (QED) is 0.941. The second kappa shape index (κ2) is 5.98. The second-order valence-electron chi connectivity index (χ2n) is 4.11. The number of rotatable bonds is 4. The van der Waals surface area contributed by atoms with Gasteiger partial charge in [-0.2, -0.15) is 0 Å². The molecule has 1 aromatic carbocycles. The summed E-state index contributed by atoms with van der Waals surface area (Å²) in [4.78, 5) is 4.25. The van der Waals surface area contributed by atoms with Gasteiger partial charge in [0.2, 0.25) is 0 Å². The van der Waals surface area contributed by atoms with E-state index >= 15 is 0 Å². The Kier molecular flexibility index (Phi) is 4.33. The Labute approximate surface area is 115 Å². The molecule has 94 valence electrons. The number of nitrogens with zero attached hydrogens (tertiary/aromatic N) is 1. The summed E-state index contributed by atoms with van der Waals surface area (Å²) in [7, 11) is 0. The highest BCUT2D eigenvalue weighted by Crippen LogP contribution is 2.17. The summed E-state index contributed by atoms with van der Waals surface area (Å²) in [5.41, 5.74) is 7.79. The average molecular weight is 307 g/mol. The van der Waals surface area contributed by atoms with Gasteiger partial charge < -0.3 is 10.5 Å². The van der Waals surface area contributed by atoms with Crippen molar-refractivity contribution in [3.05, 3.63) is 58.3 Å². The lowest BCUT2D eigenvalue weighted by Gasteiger charge is -2.08. The Balaban J connectivity index is 1.95. The highest BCUT2D eigenvalue weighted by Gasteiger charge is 2.00. The average Bonchev–Trinajstić information content (AvgIpc) is 2.38. The first-order chi connectivity index (χ1) is 8.65. The number of benzene rings is 1. The van der Waals surface area contributed by atoms with E-state index in [1.807, 2.05) is 43.3 Å². The maximum absolute atomic E-state index is 5.79. The molecule has 4 heteroatoms. The SMILES string of the molecule is CC(N)c1ccc(OCc2ccc(Br)cn2)cc1. The first kappa shape index (κ1) is 13.1. The summed E-state index contributed by atoms with van der Waals surface area (Å²) in [5, 5.41) is 0. The van der Waals surface area contributed by atoms with Crippen LogP contribution in [0.3, 0.4) is 0 Å². The van der Waals surface area contributed by atoms with Crippen molar-refractivity contribution in [1.82, 2.24) is 4.98 Å². The molecular formula is C14H15BrN2O. The molecule has 1 heterocycles. The number of halogens is 1. The molecule has 0 aliphatic rings. The van der Waals surface area contributed by atoms with Crippen LogP contribution in [0.4, 0.5) is 0 Å². The predicted octanol–water partition coefficient (Wildman–Crippen LogP) is 3.44. The van der Waals surface area contributed by atoms with Gasteiger partial charge in [-0.1, -0.05) is 12.1 Å². The molecule has 0 radical (unpaired) electrons. The molecule has 1 aromatic heterocycles. The first-order valence-electron chi connectivity index (χ1n) is 5.74. The van der Waals surface area contributed by atoms with E-state index in [9.17, 15) is 0 Å². The maximum atomic E-state index is 5.79. The molecule has 1 atom stereocenters. The van der Waals surface area contributed by atoms with Gasteiger partial charge in [-0.3, -0.25) is 4.98 Å². The third-order valence-corrected chi connectivity index (χ3v) is 3.05. The highest BCUT2D eigenvalue weighted by molar-refractivity contribution is 9.10. The number of pyridine rings is 1. The Bertz CT molecular complexity index is 494. The third kappa shape index (κ3) is 3.55. The lowest BCUT2D eigenvalue weighted by Crippen LogP contribution is -2.04. The molecule has 0 aliphatic heterocycles. The minimum Gasteiger partial charge on any atom is -0.487 e. The largest absolute Gasteiger partial charge is 0.487 e. The summed E-state index contributed by atoms with van der Waals surface area (Å²) < 4.78 is 6.61. The van der Waals surface area contributed by atoms with Gasteiger partial charge in [0.25, 0.3) is 0 Å². The Hall–Kier alpha value is -1.39. The van der Waals surface area contributed by atoms with Gasteiger partial charge in [0.15, 0.2) is 0 Å². The molecule has 3 nitrogen and oxygen atoms in total. The van der Waals surface area contributed by atoms with E-state index in [4.69, 9.17) is 10.5 Å². The summed E-state index contributed by atoms with van der Waals surface area (Å²) in [6.07, 6.45) is 1.76. The van der Waals surface area contributed by atoms with Gasteiger partial charge in [0.1, 0.15) is 12.4 Å². The van der Waals surface area contributed by atoms with Gasteiger partial charge in [0, 0.05) is 16.7 Å². The lowest BCUT2D eigenvalue weighted by atomic mass is 10.1. The maximum Gasteiger partial charge on any atom is 0.130 e. The van der Waals surface area contributed by atoms with Crippen molar-refractivity contribution in [1.29, 1.82) is 0 Å². The predicted molar refractivity (Wildman–Crippen MR) is 75.3 cm³/mol. The standard InChI is InChI=1S/C14H15BrN2O/c1-10(16)11-2-6-14(7-3-11)18-9-13-5-4-12(15)8-17-13/h2-8,10H,9,16H2,1H3. The summed E-state index contributed by atoms with van der Waals surface area (Å²) >= 11 is 3.35. The topological polar surface area (TPSA) is 48.1 Å². The fraction of sp³-hybridized carbons (Fsp3) is 0.214. The number of nitrogens with two attached hydrogens (primary N) is 1. The van der Waals surface area contributed by atoms with Gasteiger partial charge in [0.05, 0.1) is 5.69 Å². The van der Waals surface area contributed by atoms with Crippen molar-refractivity contribution in [2.24, 2.45) is 5.73 Å². The van der Waals surface area contributed by atoms with E-state index in [0.717, 1.165) is 21.5 Å². The molecule has 1 unspecified atom stereocenters. The van der Waals surface area contributed by atoms with Gasteiger partial charge in [-0.15, -0.1) is 0 Å². The summed E-state index contributed by atoms with van der Waals surface area (Å²) in [5.74, 6) is 0.823. The van der Waals surface area contributed by atoms with Crippen LogP contribution in [0.5, 0.6) is 5.75 Å². The number of ether oxygens (including phenoxy) is 1. The fourth-order valence-electron chi connectivity index (χ4n) is 1.52. The number of hydrogen-bond acceptors (Lipinski definition) is 3. The number of hydrogen-bond donors (Lipinski definition) is 1. The Morgan fingerprint density at radius 1 is 1.22 bits per heavy atom. The van der Waals surface area contributed by atoms with Crippen molar-refractivity contribution >= 4 is 15.9 Å². The molecule has 0 spiro atoms. The van der Waals surface area contributed by atoms with Crippen LogP contribution in [-0.2, 0) is 6.61 Å². The molecule has 18 heavy (non-hydrogen) atoms. The molecule has 0 saturated carbocycles. The van der Waals surface area contributed by atoms with Crippen molar-refractivity contribution in [2.45, 2.75) is 19.6 Å². The van der Waals surface area contributed by atoms with E-state index in [2.05, 4.69) is 20.9 Å². The van der Waals surface area contributed by atoms with Crippen LogP contribution in [0.15, 0.2) is 47.1 Å². The smallest absolute Gasteiger partial charge is 0.130 e. The molecule has 0 saturated heterocycles. The van der Waals surface area contributed by atoms with Crippen LogP contribution in [-0.4, -0.2) is 4.98 Å². The van der Waals surface area contributed by atoms with E-state index < -0.39 is 0 Å². The zero-order valence-corrected chi connectivity index (χ0v) is 11.7. The highest BCUT2D eigenvalue weighted by atomic mass is 79.9. The van der Waals surface area contributed by atoms with Gasteiger partial charge in [-0.25, -0.2) is 0 Å². The third-order valence-electron chi connectivity index (χ3n) is 2.58. The Morgan fingerprint density at radius 2 is 1.94 bits per heavy atom. The molecule has 0 amide bonds. The molecule has 0 fully saturated rings. The van der Waals surface area contributed by atoms with Crippen LogP contribution in [0.1, 0.15) is 24.2 Å². The first-order valence-corrected chi connectivity index (χ1v) is 6.53. The fourth-order valence-corrected chi connectivity index (χ4v) is 1.75. The Morgan fingerprint density at radius 3 is 2.50 bits per heavy atom. The normalized spacial score (nSPS) is 12.2. The molecule has 0 bridgehead atoms. The molecular weight excluding hydrogens is 292 g/mol. The summed E-state index contributed by atoms with van der Waals surface area (Å²) in [6.45, 7) is 2.42. The molecule has 2 aromatic rings. The van der Waals surface area contributed by atoms with Crippen LogP contribution >= 0.6 is 15.9 Å². The van der Waals surface area contributed by atoms with Crippen molar-refractivity contribution < 1.29 is 4.74 Å². The number of aromatic nitrogens is 1. The van der Waals surface area contributed by atoms with Crippen LogP contribution in [0.2, 0.25) is 0 Å². The van der Waals surface area contributed by atoms with Crippen molar-refractivity contribution in [3.8, 4) is 5.75 Å². The van der Waals surface area contributed by atoms with E-state index in [1.165, 1.54) is 0 Å².